The van der Waals surface area contributed by atoms with Crippen molar-refractivity contribution in [3.05, 3.63) is 29.6 Å². The Morgan fingerprint density at radius 2 is 1.85 bits per heavy atom. The Morgan fingerprint density at radius 3 is 2.51 bits per heavy atom. The molecule has 10 nitrogen and oxygen atoms in total. The van der Waals surface area contributed by atoms with Crippen LogP contribution in [0.4, 0.5) is 0 Å². The minimum atomic E-state index is -4.22. The Kier molecular flexibility index (Phi) is 11.3. The van der Waals surface area contributed by atoms with Gasteiger partial charge < -0.3 is 15.8 Å². The lowest BCUT2D eigenvalue weighted by Crippen LogP contribution is -2.53. The lowest BCUT2D eigenvalue weighted by atomic mass is 9.86. The number of aromatic nitrogens is 1. The number of amides is 2. The van der Waals surface area contributed by atoms with Crippen LogP contribution in [0.1, 0.15) is 91.4 Å². The Bertz CT molecular complexity index is 1100. The zero-order chi connectivity index (χ0) is 28.6. The number of carbonyl (C=O) groups excluding carboxylic acids is 3. The van der Waals surface area contributed by atoms with Crippen molar-refractivity contribution in [2.45, 2.75) is 115 Å². The first kappa shape index (κ1) is 31.0. The summed E-state index contributed by atoms with van der Waals surface area (Å²) in [7, 11) is -4.22. The van der Waals surface area contributed by atoms with Crippen molar-refractivity contribution in [3.63, 3.8) is 0 Å². The molecule has 0 bridgehead atoms. The summed E-state index contributed by atoms with van der Waals surface area (Å²) in [6.07, 6.45) is 10.6. The van der Waals surface area contributed by atoms with Crippen LogP contribution in [-0.2, 0) is 24.4 Å². The first-order chi connectivity index (χ1) is 18.5. The summed E-state index contributed by atoms with van der Waals surface area (Å²) >= 11 is 0. The van der Waals surface area contributed by atoms with Gasteiger partial charge in [0.1, 0.15) is 6.04 Å². The molecule has 218 valence electrons. The van der Waals surface area contributed by atoms with Crippen LogP contribution in [0.3, 0.4) is 0 Å². The van der Waals surface area contributed by atoms with Crippen LogP contribution in [0, 0.1) is 17.0 Å². The molecule has 3 rings (SSSR count). The molecule has 2 N–H and O–H groups in total. The van der Waals surface area contributed by atoms with Crippen LogP contribution in [0.25, 0.3) is 0 Å². The molecule has 39 heavy (non-hydrogen) atoms. The lowest BCUT2D eigenvalue weighted by molar-refractivity contribution is -0.646. The van der Waals surface area contributed by atoms with Gasteiger partial charge in [0, 0.05) is 24.6 Å². The number of ketones is 1. The molecule has 11 heteroatoms. The zero-order valence-electron chi connectivity index (χ0n) is 23.4. The highest BCUT2D eigenvalue weighted by atomic mass is 32.2. The fourth-order valence-electron chi connectivity index (χ4n) is 5.61. The van der Waals surface area contributed by atoms with E-state index in [0.717, 1.165) is 23.3 Å². The Balaban J connectivity index is 1.61. The molecule has 0 radical (unpaired) electrons. The van der Waals surface area contributed by atoms with Crippen LogP contribution < -0.4 is 15.4 Å². The Hall–Kier alpha value is -2.53. The summed E-state index contributed by atoms with van der Waals surface area (Å²) in [5, 5.41) is 17.3. The summed E-state index contributed by atoms with van der Waals surface area (Å²) in [5.41, 5.74) is 0. The van der Waals surface area contributed by atoms with E-state index in [1.54, 1.807) is 6.92 Å². The molecule has 2 heterocycles. The van der Waals surface area contributed by atoms with E-state index in [9.17, 15) is 28.0 Å². The van der Waals surface area contributed by atoms with Crippen LogP contribution in [-0.4, -0.2) is 55.0 Å². The largest absolute Gasteiger partial charge is 0.618 e. The Morgan fingerprint density at radius 1 is 1.13 bits per heavy atom. The Labute approximate surface area is 232 Å². The molecule has 2 aliphatic rings. The van der Waals surface area contributed by atoms with E-state index < -0.39 is 51.4 Å². The molecule has 2 amide bonds. The standard InChI is InChI=1S/C28H44N4O6S/c1-20(2)18-24(29-26(34)13-9-12-22-10-5-4-6-11-22)28(35)30-23-16-15-21(3)32(19-25(23)33)39(37,38)27-14-7-8-17-31(27)36/h7-8,14,17,20-24H,4-6,9-13,15-16,18-19H2,1-3H3,(H,29,34)(H,30,35)/t21-,23+,24+/m1/s1. The van der Waals surface area contributed by atoms with E-state index in [0.29, 0.717) is 25.2 Å². The SMILES string of the molecule is CC(C)C[C@H](NC(=O)CCCC1CCCCC1)C(=O)N[C@H]1CC[C@@H](C)N(S(=O)(=O)c2cccc[n+]2[O-])CC1=O. The second-order valence-corrected chi connectivity index (χ2v) is 13.4. The maximum atomic E-state index is 13.2. The maximum Gasteiger partial charge on any atom is 0.323 e. The van der Waals surface area contributed by atoms with Crippen LogP contribution in [0.2, 0.25) is 0 Å². The number of hydrogen-bond acceptors (Lipinski definition) is 6. The zero-order valence-corrected chi connectivity index (χ0v) is 24.3. The highest BCUT2D eigenvalue weighted by molar-refractivity contribution is 7.89. The second kappa shape index (κ2) is 14.2. The molecule has 0 unspecified atom stereocenters. The maximum absolute atomic E-state index is 13.2. The predicted molar refractivity (Wildman–Crippen MR) is 147 cm³/mol. The quantitative estimate of drug-likeness (QED) is 0.313. The number of rotatable bonds is 11. The first-order valence-corrected chi connectivity index (χ1v) is 15.8. The molecule has 1 aliphatic carbocycles. The molecular formula is C28H44N4O6S. The van der Waals surface area contributed by atoms with Crippen molar-refractivity contribution >= 4 is 27.6 Å². The third-order valence-electron chi connectivity index (χ3n) is 7.84. The molecular weight excluding hydrogens is 520 g/mol. The van der Waals surface area contributed by atoms with E-state index >= 15 is 0 Å². The molecule has 1 saturated carbocycles. The summed E-state index contributed by atoms with van der Waals surface area (Å²) in [6.45, 7) is 5.15. The summed E-state index contributed by atoms with van der Waals surface area (Å²) in [5.74, 6) is -0.232. The fraction of sp³-hybridized carbons (Fsp3) is 0.714. The van der Waals surface area contributed by atoms with Gasteiger partial charge >= 0.3 is 15.0 Å². The van der Waals surface area contributed by atoms with Crippen molar-refractivity contribution in [2.24, 2.45) is 11.8 Å². The van der Waals surface area contributed by atoms with Crippen molar-refractivity contribution in [3.8, 4) is 0 Å². The number of sulfonamides is 1. The molecule has 0 spiro atoms. The number of hydrogen-bond donors (Lipinski definition) is 2. The van der Waals surface area contributed by atoms with Gasteiger partial charge in [-0.15, -0.1) is 0 Å². The first-order valence-electron chi connectivity index (χ1n) is 14.3. The molecule has 1 aromatic rings. The predicted octanol–water partition coefficient (Wildman–Crippen LogP) is 2.83. The van der Waals surface area contributed by atoms with Gasteiger partial charge in [0.25, 0.3) is 0 Å². The van der Waals surface area contributed by atoms with Gasteiger partial charge in [0.2, 0.25) is 11.8 Å². The molecule has 2 fully saturated rings. The van der Waals surface area contributed by atoms with Gasteiger partial charge in [-0.1, -0.05) is 46.0 Å². The second-order valence-electron chi connectivity index (χ2n) is 11.5. The minimum Gasteiger partial charge on any atom is -0.618 e. The smallest absolute Gasteiger partial charge is 0.323 e. The van der Waals surface area contributed by atoms with Crippen molar-refractivity contribution < 1.29 is 27.5 Å². The van der Waals surface area contributed by atoms with E-state index in [1.165, 1.54) is 50.3 Å². The summed E-state index contributed by atoms with van der Waals surface area (Å²) in [4.78, 5) is 39.1. The fourth-order valence-corrected chi connectivity index (χ4v) is 7.26. The van der Waals surface area contributed by atoms with E-state index in [2.05, 4.69) is 10.6 Å². The van der Waals surface area contributed by atoms with Crippen molar-refractivity contribution in [1.29, 1.82) is 0 Å². The van der Waals surface area contributed by atoms with Gasteiger partial charge in [-0.2, -0.15) is 9.04 Å². The number of Topliss-reactive ketones (excluding diaryl/α,β-unsaturated/α-hetero) is 1. The summed E-state index contributed by atoms with van der Waals surface area (Å²) in [6, 6.07) is 1.89. The average Bonchev–Trinajstić information content (AvgIpc) is 3.02. The normalized spacial score (nSPS) is 22.3. The van der Waals surface area contributed by atoms with E-state index in [1.807, 2.05) is 13.8 Å². The number of pyridine rings is 1. The average molecular weight is 565 g/mol. The van der Waals surface area contributed by atoms with Crippen LogP contribution in [0.15, 0.2) is 29.4 Å². The summed E-state index contributed by atoms with van der Waals surface area (Å²) < 4.78 is 27.7. The van der Waals surface area contributed by atoms with E-state index in [4.69, 9.17) is 0 Å². The van der Waals surface area contributed by atoms with Gasteiger partial charge in [-0.3, -0.25) is 14.4 Å². The van der Waals surface area contributed by atoms with Gasteiger partial charge in [0.05, 0.1) is 12.6 Å². The van der Waals surface area contributed by atoms with Crippen LogP contribution in [0.5, 0.6) is 0 Å². The van der Waals surface area contributed by atoms with E-state index in [-0.39, 0.29) is 23.0 Å². The third kappa shape index (κ3) is 8.73. The third-order valence-corrected chi connectivity index (χ3v) is 9.79. The number of nitrogens with zero attached hydrogens (tertiary/aromatic N) is 2. The van der Waals surface area contributed by atoms with Gasteiger partial charge in [0.15, 0.2) is 12.0 Å². The monoisotopic (exact) mass is 564 g/mol. The van der Waals surface area contributed by atoms with Crippen molar-refractivity contribution in [1.82, 2.24) is 14.9 Å². The van der Waals surface area contributed by atoms with Gasteiger partial charge in [-0.25, -0.2) is 8.42 Å². The molecule has 1 aromatic heterocycles. The van der Waals surface area contributed by atoms with Crippen LogP contribution >= 0.6 is 0 Å². The molecule has 1 saturated heterocycles. The van der Waals surface area contributed by atoms with Crippen molar-refractivity contribution in [2.75, 3.05) is 6.54 Å². The highest BCUT2D eigenvalue weighted by Gasteiger charge is 2.40. The molecule has 1 aliphatic heterocycles. The number of carbonyl (C=O) groups is 3. The minimum absolute atomic E-state index is 0.137. The molecule has 3 atom stereocenters. The molecule has 0 aromatic carbocycles. The topological polar surface area (TPSA) is 140 Å². The van der Waals surface area contributed by atoms with Gasteiger partial charge in [-0.05, 0) is 56.9 Å². The lowest BCUT2D eigenvalue weighted by Gasteiger charge is -2.24. The number of nitrogens with one attached hydrogen (secondary N) is 2. The highest BCUT2D eigenvalue weighted by Crippen LogP contribution is 2.27.